The Morgan fingerprint density at radius 2 is 1.43 bits per heavy atom. The van der Waals surface area contributed by atoms with Gasteiger partial charge < -0.3 is 16.1 Å². The van der Waals surface area contributed by atoms with Gasteiger partial charge in [-0.15, -0.1) is 0 Å². The van der Waals surface area contributed by atoms with Crippen molar-refractivity contribution in [3.8, 4) is 0 Å². The Balaban J connectivity index is -0.0000000105. The molecule has 46 valence electrons. The summed E-state index contributed by atoms with van der Waals surface area (Å²) < 4.78 is 0. The van der Waals surface area contributed by atoms with Crippen LogP contribution >= 0.6 is 13.5 Å². The molecule has 0 amide bonds. The fourth-order valence-corrected chi connectivity index (χ4v) is 0. The van der Waals surface area contributed by atoms with Gasteiger partial charge in [-0.1, -0.05) is 0 Å². The maximum absolute atomic E-state index is 8.36. The molecule has 7 heavy (non-hydrogen) atoms. The topological polar surface area (TPSA) is 89.4 Å². The number of hydrogen-bond donors (Lipinski definition) is 2. The molecule has 0 fully saturated rings. The first-order chi connectivity index (χ1) is 2.41. The summed E-state index contributed by atoms with van der Waals surface area (Å²) in [5, 5.41) is 6.89. The smallest absolute Gasteiger partial charge is 0.290 e. The Labute approximate surface area is 48.6 Å². The second-order valence-electron chi connectivity index (χ2n) is 0.105. The van der Waals surface area contributed by atoms with Crippen LogP contribution in [0.2, 0.25) is 0 Å². The monoisotopic (exact) mass is 127 g/mol. The van der Waals surface area contributed by atoms with Gasteiger partial charge in [0.25, 0.3) is 6.47 Å². The first-order valence-electron chi connectivity index (χ1n) is 0.783. The molecule has 0 aliphatic heterocycles. The van der Waals surface area contributed by atoms with Crippen LogP contribution in [-0.2, 0) is 9.59 Å². The summed E-state index contributed by atoms with van der Waals surface area (Å²) >= 11 is 0. The average Bonchev–Trinajstić information content (AvgIpc) is 1.46. The first-order valence-corrected chi connectivity index (χ1v) is 0.783. The van der Waals surface area contributed by atoms with Gasteiger partial charge in [0.05, 0.1) is 0 Å². The zero-order chi connectivity index (χ0) is 4.71. The summed E-state index contributed by atoms with van der Waals surface area (Å²) in [6.45, 7) is 1.75. The van der Waals surface area contributed by atoms with E-state index in [-0.39, 0.29) is 26.1 Å². The molecule has 0 aromatic rings. The van der Waals surface area contributed by atoms with Crippen LogP contribution in [0.5, 0.6) is 0 Å². The third kappa shape index (κ3) is 214. The molecule has 0 aliphatic rings. The van der Waals surface area contributed by atoms with Crippen LogP contribution in [0.3, 0.4) is 0 Å². The molecule has 0 saturated heterocycles. The van der Waals surface area contributed by atoms with Gasteiger partial charge in [0.1, 0.15) is 6.79 Å². The fourth-order valence-electron chi connectivity index (χ4n) is 0. The molecule has 0 rings (SSSR count). The average molecular weight is 127 g/mol. The van der Waals surface area contributed by atoms with Crippen LogP contribution in [0.25, 0.3) is 0 Å². The molecule has 0 heterocycles. The normalized spacial score (nSPS) is 2.29. The lowest BCUT2D eigenvalue weighted by molar-refractivity contribution is -0.122. The highest BCUT2D eigenvalue weighted by Gasteiger charge is 1.22. The van der Waals surface area contributed by atoms with Gasteiger partial charge in [0.15, 0.2) is 0 Å². The minimum atomic E-state index is -0.250. The number of carbonyl (C=O) groups is 2. The van der Waals surface area contributed by atoms with Crippen molar-refractivity contribution in [2.75, 3.05) is 0 Å². The molecular weight excluding hydrogens is 118 g/mol. The molecule has 0 radical (unpaired) electrons. The van der Waals surface area contributed by atoms with E-state index in [0.29, 0.717) is 0 Å². The van der Waals surface area contributed by atoms with E-state index in [1.54, 1.807) is 0 Å². The predicted octanol–water partition coefficient (Wildman–Crippen LogP) is -0.209. The number of carboxylic acid groups (broad SMARTS) is 1. The molecule has 5 heteroatoms. The van der Waals surface area contributed by atoms with E-state index < -0.39 is 0 Å². The van der Waals surface area contributed by atoms with Crippen molar-refractivity contribution in [1.82, 2.24) is 6.15 Å². The lowest BCUT2D eigenvalue weighted by Gasteiger charge is -1.34. The molecule has 0 bridgehead atoms. The molecule has 0 atom stereocenters. The van der Waals surface area contributed by atoms with Gasteiger partial charge in [-0.25, -0.2) is 0 Å². The van der Waals surface area contributed by atoms with Crippen molar-refractivity contribution in [3.63, 3.8) is 0 Å². The highest BCUT2D eigenvalue weighted by atomic mass is 32.1. The Bertz CT molecular complexity index is 26.9. The van der Waals surface area contributed by atoms with Crippen LogP contribution < -0.4 is 6.15 Å². The Kier molecular flexibility index (Phi) is 2430. The minimum Gasteiger partial charge on any atom is -0.483 e. The van der Waals surface area contributed by atoms with Crippen LogP contribution in [-0.4, -0.2) is 18.4 Å². The molecule has 0 unspecified atom stereocenters. The van der Waals surface area contributed by atoms with Gasteiger partial charge >= 0.3 is 0 Å². The van der Waals surface area contributed by atoms with E-state index in [1.807, 2.05) is 6.79 Å². The molecule has 0 spiro atoms. The Morgan fingerprint density at radius 1 is 1.43 bits per heavy atom. The first kappa shape index (κ1) is 31.9. The predicted molar refractivity (Wildman–Crippen MR) is 31.2 cm³/mol. The zero-order valence-corrected chi connectivity index (χ0v) is 4.76. The van der Waals surface area contributed by atoms with Crippen molar-refractivity contribution in [3.05, 3.63) is 0 Å². The van der Waals surface area contributed by atoms with E-state index >= 15 is 0 Å². The largest absolute Gasteiger partial charge is 0.483 e. The lowest BCUT2D eigenvalue weighted by atomic mass is 11.7. The maximum Gasteiger partial charge on any atom is 0.290 e. The van der Waals surface area contributed by atoms with E-state index in [2.05, 4.69) is 0 Å². The molecule has 4 nitrogen and oxygen atoms in total. The zero-order valence-electron chi connectivity index (χ0n) is 3.76. The summed E-state index contributed by atoms with van der Waals surface area (Å²) in [5.41, 5.74) is 0. The molecule has 0 aliphatic carbocycles. The van der Waals surface area contributed by atoms with Crippen LogP contribution in [0.15, 0.2) is 0 Å². The third-order valence-electron chi connectivity index (χ3n) is 0. The number of carbonyl (C=O) groups excluding carboxylic acids is 1. The van der Waals surface area contributed by atoms with Crippen LogP contribution in [0.4, 0.5) is 0 Å². The summed E-state index contributed by atoms with van der Waals surface area (Å²) in [4.78, 5) is 16.4. The van der Waals surface area contributed by atoms with E-state index in [1.165, 1.54) is 0 Å². The maximum atomic E-state index is 8.36. The quantitative estimate of drug-likeness (QED) is 0.440. The van der Waals surface area contributed by atoms with Crippen LogP contribution in [0.1, 0.15) is 0 Å². The third-order valence-corrected chi connectivity index (χ3v) is 0. The van der Waals surface area contributed by atoms with Crippen molar-refractivity contribution >= 4 is 26.8 Å². The fraction of sp³-hybridized carbons (Fsp3) is 0. The van der Waals surface area contributed by atoms with Crippen molar-refractivity contribution in [2.24, 2.45) is 0 Å². The van der Waals surface area contributed by atoms with Crippen LogP contribution in [0, 0.1) is 0 Å². The van der Waals surface area contributed by atoms with Gasteiger partial charge in [0, 0.05) is 0 Å². The van der Waals surface area contributed by atoms with Gasteiger partial charge in [-0.05, 0) is 0 Å². The number of hydrogen-bond acceptors (Lipinski definition) is 3. The van der Waals surface area contributed by atoms with Crippen molar-refractivity contribution in [1.29, 1.82) is 0 Å². The lowest BCUT2D eigenvalue weighted by Crippen LogP contribution is -1.49. The Hall–Kier alpha value is -0.550. The molecule has 0 aromatic heterocycles. The Morgan fingerprint density at radius 3 is 1.43 bits per heavy atom. The second kappa shape index (κ2) is 533. The summed E-state index contributed by atoms with van der Waals surface area (Å²) in [6.07, 6.45) is 0. The van der Waals surface area contributed by atoms with Gasteiger partial charge in [-0.3, -0.25) is 4.79 Å². The van der Waals surface area contributed by atoms with Gasteiger partial charge in [0.2, 0.25) is 0 Å². The standard InChI is InChI=1S/CH2O2.CH2O.H3N.H2S/c2-1-3;1-2;;/h1H,(H,2,3);1H2;1H3;1H2. The van der Waals surface area contributed by atoms with E-state index in [9.17, 15) is 0 Å². The van der Waals surface area contributed by atoms with Gasteiger partial charge in [-0.2, -0.15) is 13.5 Å². The van der Waals surface area contributed by atoms with Crippen molar-refractivity contribution in [2.45, 2.75) is 0 Å². The van der Waals surface area contributed by atoms with Crippen molar-refractivity contribution < 1.29 is 14.7 Å². The van der Waals surface area contributed by atoms with E-state index in [0.717, 1.165) is 0 Å². The minimum absolute atomic E-state index is 0. The summed E-state index contributed by atoms with van der Waals surface area (Å²) in [6, 6.07) is 0. The SMILES string of the molecule is C=O.N.O=CO.S. The molecule has 0 saturated carbocycles. The molecular formula is C2H9NO3S. The summed E-state index contributed by atoms with van der Waals surface area (Å²) in [7, 11) is 0. The second-order valence-corrected chi connectivity index (χ2v) is 0.105. The summed E-state index contributed by atoms with van der Waals surface area (Å²) in [5.74, 6) is 0. The highest BCUT2D eigenvalue weighted by molar-refractivity contribution is 7.59. The molecule has 0 aromatic carbocycles. The highest BCUT2D eigenvalue weighted by Crippen LogP contribution is 0.966. The van der Waals surface area contributed by atoms with E-state index in [4.69, 9.17) is 14.7 Å². The number of rotatable bonds is 0. The molecule has 4 N–H and O–H groups in total.